The predicted molar refractivity (Wildman–Crippen MR) is 118 cm³/mol. The van der Waals surface area contributed by atoms with E-state index in [1.54, 1.807) is 47.4 Å². The van der Waals surface area contributed by atoms with Crippen LogP contribution in [0.3, 0.4) is 0 Å². The third kappa shape index (κ3) is 5.49. The minimum absolute atomic E-state index is 0.0632. The van der Waals surface area contributed by atoms with Gasteiger partial charge in [0.25, 0.3) is 5.91 Å². The summed E-state index contributed by atoms with van der Waals surface area (Å²) in [4.78, 5) is 40.6. The van der Waals surface area contributed by atoms with Crippen LogP contribution in [0.15, 0.2) is 42.5 Å². The van der Waals surface area contributed by atoms with Gasteiger partial charge < -0.3 is 19.7 Å². The standard InChI is InChI=1S/C22H23ClN4O5/c23-16-3-1-2-15(12-16)21(29)27-8-6-26(7-9-27)14-20(28)25-22(30)24-17-4-5-18-19(13-17)32-11-10-31-18/h1-5,12-13H,6-11,14H2,(H2,24,25,28,30). The summed E-state index contributed by atoms with van der Waals surface area (Å²) in [6.45, 7) is 3.03. The number of fused-ring (bicyclic) bond motifs is 1. The Morgan fingerprint density at radius 3 is 2.44 bits per heavy atom. The first-order chi connectivity index (χ1) is 15.5. The van der Waals surface area contributed by atoms with Crippen molar-refractivity contribution in [3.63, 3.8) is 0 Å². The number of carbonyl (C=O) groups excluding carboxylic acids is 3. The molecular weight excluding hydrogens is 436 g/mol. The van der Waals surface area contributed by atoms with E-state index < -0.39 is 11.9 Å². The monoisotopic (exact) mass is 458 g/mol. The molecule has 4 rings (SSSR count). The number of hydrogen-bond acceptors (Lipinski definition) is 6. The Kier molecular flexibility index (Phi) is 6.77. The van der Waals surface area contributed by atoms with E-state index in [0.29, 0.717) is 67.2 Å². The molecule has 4 amide bonds. The number of ether oxygens (including phenoxy) is 2. The van der Waals surface area contributed by atoms with Gasteiger partial charge in [-0.05, 0) is 30.3 Å². The quantitative estimate of drug-likeness (QED) is 0.728. The molecule has 0 saturated carbocycles. The molecular formula is C22H23ClN4O5. The van der Waals surface area contributed by atoms with Crippen LogP contribution in [0.2, 0.25) is 5.02 Å². The van der Waals surface area contributed by atoms with Crippen LogP contribution in [0.4, 0.5) is 10.5 Å². The fourth-order valence-electron chi connectivity index (χ4n) is 3.57. The second-order valence-electron chi connectivity index (χ2n) is 7.44. The first-order valence-electron chi connectivity index (χ1n) is 10.3. The van der Waals surface area contributed by atoms with E-state index in [9.17, 15) is 14.4 Å². The van der Waals surface area contributed by atoms with E-state index in [0.717, 1.165) is 0 Å². The zero-order valence-electron chi connectivity index (χ0n) is 17.3. The second kappa shape index (κ2) is 9.88. The summed E-state index contributed by atoms with van der Waals surface area (Å²) in [5.41, 5.74) is 1.03. The summed E-state index contributed by atoms with van der Waals surface area (Å²) in [7, 11) is 0. The molecule has 2 aliphatic heterocycles. The molecule has 32 heavy (non-hydrogen) atoms. The van der Waals surface area contributed by atoms with Crippen LogP contribution >= 0.6 is 11.6 Å². The largest absolute Gasteiger partial charge is 0.486 e. The predicted octanol–water partition coefficient (Wildman–Crippen LogP) is 2.22. The number of nitrogens with zero attached hydrogens (tertiary/aromatic N) is 2. The summed E-state index contributed by atoms with van der Waals surface area (Å²) < 4.78 is 10.9. The Labute approximate surface area is 190 Å². The maximum absolute atomic E-state index is 12.6. The zero-order chi connectivity index (χ0) is 22.5. The van der Waals surface area contributed by atoms with Gasteiger partial charge in [0.15, 0.2) is 11.5 Å². The molecule has 0 aromatic heterocycles. The Hall–Kier alpha value is -3.30. The molecule has 2 N–H and O–H groups in total. The van der Waals surface area contributed by atoms with Crippen LogP contribution in [0.25, 0.3) is 0 Å². The molecule has 1 fully saturated rings. The minimum Gasteiger partial charge on any atom is -0.486 e. The molecule has 2 aliphatic rings. The zero-order valence-corrected chi connectivity index (χ0v) is 18.1. The summed E-state index contributed by atoms with van der Waals surface area (Å²) >= 11 is 5.96. The van der Waals surface area contributed by atoms with Crippen molar-refractivity contribution < 1.29 is 23.9 Å². The van der Waals surface area contributed by atoms with Crippen molar-refractivity contribution in [2.24, 2.45) is 0 Å². The number of imide groups is 1. The first kappa shape index (κ1) is 21.9. The molecule has 0 unspecified atom stereocenters. The number of anilines is 1. The lowest BCUT2D eigenvalue weighted by Crippen LogP contribution is -2.51. The van der Waals surface area contributed by atoms with E-state index >= 15 is 0 Å². The number of hydrogen-bond donors (Lipinski definition) is 2. The molecule has 0 aliphatic carbocycles. The number of benzene rings is 2. The minimum atomic E-state index is -0.624. The van der Waals surface area contributed by atoms with Crippen LogP contribution < -0.4 is 20.1 Å². The molecule has 0 bridgehead atoms. The van der Waals surface area contributed by atoms with Crippen molar-refractivity contribution >= 4 is 35.1 Å². The van der Waals surface area contributed by atoms with Gasteiger partial charge in [-0.15, -0.1) is 0 Å². The van der Waals surface area contributed by atoms with Crippen molar-refractivity contribution in [3.05, 3.63) is 53.1 Å². The van der Waals surface area contributed by atoms with E-state index in [1.807, 2.05) is 4.90 Å². The van der Waals surface area contributed by atoms with Crippen molar-refractivity contribution in [2.75, 3.05) is 51.3 Å². The van der Waals surface area contributed by atoms with Gasteiger partial charge in [0, 0.05) is 48.5 Å². The SMILES string of the molecule is O=C(CN1CCN(C(=O)c2cccc(Cl)c2)CC1)NC(=O)Nc1ccc2c(c1)OCCO2. The van der Waals surface area contributed by atoms with Gasteiger partial charge in [-0.3, -0.25) is 19.8 Å². The van der Waals surface area contributed by atoms with E-state index in [4.69, 9.17) is 21.1 Å². The fraction of sp³-hybridized carbons (Fsp3) is 0.318. The molecule has 2 aromatic carbocycles. The van der Waals surface area contributed by atoms with Crippen molar-refractivity contribution in [2.45, 2.75) is 0 Å². The maximum atomic E-state index is 12.6. The Morgan fingerprint density at radius 2 is 1.69 bits per heavy atom. The third-order valence-corrected chi connectivity index (χ3v) is 5.39. The van der Waals surface area contributed by atoms with Crippen molar-refractivity contribution in [3.8, 4) is 11.5 Å². The molecule has 1 saturated heterocycles. The molecule has 10 heteroatoms. The summed E-state index contributed by atoms with van der Waals surface area (Å²) in [6, 6.07) is 11.2. The van der Waals surface area contributed by atoms with Crippen LogP contribution in [0.1, 0.15) is 10.4 Å². The molecule has 0 atom stereocenters. The fourth-order valence-corrected chi connectivity index (χ4v) is 3.76. The van der Waals surface area contributed by atoms with Crippen molar-refractivity contribution in [1.29, 1.82) is 0 Å². The van der Waals surface area contributed by atoms with Gasteiger partial charge in [0.1, 0.15) is 13.2 Å². The van der Waals surface area contributed by atoms with Crippen molar-refractivity contribution in [1.82, 2.24) is 15.1 Å². The lowest BCUT2D eigenvalue weighted by Gasteiger charge is -2.34. The first-order valence-corrected chi connectivity index (χ1v) is 10.6. The molecule has 2 heterocycles. The molecule has 2 aromatic rings. The number of halogens is 1. The smallest absolute Gasteiger partial charge is 0.325 e. The number of rotatable bonds is 4. The van der Waals surface area contributed by atoms with Gasteiger partial charge >= 0.3 is 6.03 Å². The normalized spacial score (nSPS) is 15.7. The Morgan fingerprint density at radius 1 is 0.938 bits per heavy atom. The number of nitrogens with one attached hydrogen (secondary N) is 2. The Bertz CT molecular complexity index is 1020. The van der Waals surface area contributed by atoms with Crippen LogP contribution in [-0.2, 0) is 4.79 Å². The summed E-state index contributed by atoms with van der Waals surface area (Å²) in [5.74, 6) is 0.655. The van der Waals surface area contributed by atoms with Gasteiger partial charge in [0.2, 0.25) is 5.91 Å². The lowest BCUT2D eigenvalue weighted by molar-refractivity contribution is -0.121. The average molecular weight is 459 g/mol. The number of urea groups is 1. The lowest BCUT2D eigenvalue weighted by atomic mass is 10.2. The highest BCUT2D eigenvalue weighted by atomic mass is 35.5. The van der Waals surface area contributed by atoms with Gasteiger partial charge in [-0.2, -0.15) is 0 Å². The average Bonchev–Trinajstić information content (AvgIpc) is 2.79. The number of amides is 4. The van der Waals surface area contributed by atoms with E-state index in [-0.39, 0.29) is 12.5 Å². The highest BCUT2D eigenvalue weighted by Gasteiger charge is 2.24. The van der Waals surface area contributed by atoms with Crippen LogP contribution in [0, 0.1) is 0 Å². The molecule has 0 spiro atoms. The Balaban J connectivity index is 1.22. The highest BCUT2D eigenvalue weighted by Crippen LogP contribution is 2.32. The third-order valence-electron chi connectivity index (χ3n) is 5.15. The molecule has 0 radical (unpaired) electrons. The van der Waals surface area contributed by atoms with Gasteiger partial charge in [-0.1, -0.05) is 17.7 Å². The topological polar surface area (TPSA) is 100 Å². The summed E-state index contributed by atoms with van der Waals surface area (Å²) in [5, 5.41) is 5.45. The van der Waals surface area contributed by atoms with E-state index in [1.165, 1.54) is 0 Å². The molecule has 168 valence electrons. The van der Waals surface area contributed by atoms with Crippen LogP contribution in [0.5, 0.6) is 11.5 Å². The maximum Gasteiger partial charge on any atom is 0.325 e. The van der Waals surface area contributed by atoms with Gasteiger partial charge in [0.05, 0.1) is 6.54 Å². The summed E-state index contributed by atoms with van der Waals surface area (Å²) in [6.07, 6.45) is 0. The van der Waals surface area contributed by atoms with E-state index in [2.05, 4.69) is 10.6 Å². The van der Waals surface area contributed by atoms with Gasteiger partial charge in [-0.25, -0.2) is 4.79 Å². The number of piperazine rings is 1. The molecule has 9 nitrogen and oxygen atoms in total. The number of carbonyl (C=O) groups is 3. The second-order valence-corrected chi connectivity index (χ2v) is 7.88. The van der Waals surface area contributed by atoms with Crippen LogP contribution in [-0.4, -0.2) is 73.6 Å². The highest BCUT2D eigenvalue weighted by molar-refractivity contribution is 6.30.